The molecule has 56 valence electrons. The van der Waals surface area contributed by atoms with Crippen molar-refractivity contribution in [1.29, 1.82) is 5.26 Å². The lowest BCUT2D eigenvalue weighted by atomic mass is 10.4. The number of carbonyl (C=O) groups is 1. The van der Waals surface area contributed by atoms with Gasteiger partial charge in [0.1, 0.15) is 5.69 Å². The number of carbonyl (C=O) groups excluding carboxylic acids is 1. The molecule has 1 amide bonds. The summed E-state index contributed by atoms with van der Waals surface area (Å²) in [5.41, 5.74) is 0.244. The number of hydrogen-bond acceptors (Lipinski definition) is 3. The minimum atomic E-state index is -0.479. The Morgan fingerprint density at radius 2 is 2.64 bits per heavy atom. The molecule has 5 nitrogen and oxygen atoms in total. The third-order valence-electron chi connectivity index (χ3n) is 1.11. The van der Waals surface area contributed by atoms with Crippen LogP contribution < -0.4 is 5.32 Å². The van der Waals surface area contributed by atoms with Crippen molar-refractivity contribution in [2.24, 2.45) is 7.05 Å². The average molecular weight is 150 g/mol. The monoisotopic (exact) mass is 150 g/mol. The molecule has 0 saturated heterocycles. The summed E-state index contributed by atoms with van der Waals surface area (Å²) in [4.78, 5) is 14.6. The zero-order valence-corrected chi connectivity index (χ0v) is 5.90. The number of hydrogen-bond donors (Lipinski definition) is 1. The number of imidazole rings is 1. The predicted molar refractivity (Wildman–Crippen MR) is 36.3 cm³/mol. The van der Waals surface area contributed by atoms with E-state index in [1.165, 1.54) is 18.7 Å². The normalized spacial score (nSPS) is 8.73. The summed E-state index contributed by atoms with van der Waals surface area (Å²) in [5, 5.41) is 10.1. The number of nitrogens with one attached hydrogen (secondary N) is 1. The average Bonchev–Trinajstić information content (AvgIpc) is 2.36. The molecule has 1 aromatic rings. The summed E-state index contributed by atoms with van der Waals surface area (Å²) in [6, 6.07) is 0. The quantitative estimate of drug-likeness (QED) is 0.438. The van der Waals surface area contributed by atoms with E-state index >= 15 is 0 Å². The van der Waals surface area contributed by atoms with E-state index in [0.29, 0.717) is 0 Å². The molecule has 11 heavy (non-hydrogen) atoms. The molecule has 1 rings (SSSR count). The van der Waals surface area contributed by atoms with Crippen LogP contribution in [0.4, 0.5) is 0 Å². The molecule has 0 aliphatic carbocycles. The Bertz CT molecular complexity index is 309. The molecule has 0 saturated carbocycles. The van der Waals surface area contributed by atoms with Crippen LogP contribution in [0.5, 0.6) is 0 Å². The highest BCUT2D eigenvalue weighted by molar-refractivity contribution is 5.92. The van der Waals surface area contributed by atoms with E-state index < -0.39 is 5.91 Å². The second-order valence-electron chi connectivity index (χ2n) is 1.99. The number of aromatic nitrogens is 2. The van der Waals surface area contributed by atoms with Gasteiger partial charge in [-0.05, 0) is 0 Å². The Morgan fingerprint density at radius 1 is 1.91 bits per heavy atom. The van der Waals surface area contributed by atoms with Crippen molar-refractivity contribution in [3.8, 4) is 6.19 Å². The summed E-state index contributed by atoms with van der Waals surface area (Å²) in [5.74, 6) is -0.479. The molecular weight excluding hydrogens is 144 g/mol. The van der Waals surface area contributed by atoms with E-state index in [9.17, 15) is 4.79 Å². The Kier molecular flexibility index (Phi) is 1.88. The Morgan fingerprint density at radius 3 is 3.09 bits per heavy atom. The van der Waals surface area contributed by atoms with Crippen molar-refractivity contribution in [3.63, 3.8) is 0 Å². The van der Waals surface area contributed by atoms with E-state index in [0.717, 1.165) is 0 Å². The topological polar surface area (TPSA) is 70.7 Å². The van der Waals surface area contributed by atoms with E-state index in [4.69, 9.17) is 5.26 Å². The lowest BCUT2D eigenvalue weighted by molar-refractivity contribution is 0.0968. The van der Waals surface area contributed by atoms with Gasteiger partial charge in [-0.1, -0.05) is 0 Å². The van der Waals surface area contributed by atoms with E-state index in [1.807, 2.05) is 5.32 Å². The Balaban J connectivity index is 2.78. The zero-order chi connectivity index (χ0) is 8.27. The van der Waals surface area contributed by atoms with Gasteiger partial charge in [0.05, 0.1) is 6.33 Å². The second kappa shape index (κ2) is 2.84. The van der Waals surface area contributed by atoms with Crippen molar-refractivity contribution < 1.29 is 4.79 Å². The second-order valence-corrected chi connectivity index (χ2v) is 1.99. The smallest absolute Gasteiger partial charge is 0.284 e. The fourth-order valence-corrected chi connectivity index (χ4v) is 0.645. The first kappa shape index (κ1) is 7.28. The SMILES string of the molecule is Cn1cnc(C(=O)NC#N)c1. The number of aryl methyl sites for hydroxylation is 1. The minimum absolute atomic E-state index is 0.244. The van der Waals surface area contributed by atoms with Gasteiger partial charge < -0.3 is 4.57 Å². The maximum atomic E-state index is 10.8. The first-order chi connectivity index (χ1) is 5.24. The largest absolute Gasteiger partial charge is 0.340 e. The van der Waals surface area contributed by atoms with Crippen LogP contribution in [0.3, 0.4) is 0 Å². The highest BCUT2D eigenvalue weighted by Crippen LogP contribution is 1.92. The molecular formula is C6H6N4O. The molecule has 1 N–H and O–H groups in total. The van der Waals surface area contributed by atoms with Gasteiger partial charge in [0.15, 0.2) is 6.19 Å². The van der Waals surface area contributed by atoms with Crippen LogP contribution in [0.25, 0.3) is 0 Å². The van der Waals surface area contributed by atoms with Gasteiger partial charge in [0.25, 0.3) is 5.91 Å². The van der Waals surface area contributed by atoms with Crippen LogP contribution in [-0.2, 0) is 7.05 Å². The third kappa shape index (κ3) is 1.55. The Hall–Kier alpha value is -1.83. The maximum Gasteiger partial charge on any atom is 0.284 e. The molecule has 5 heteroatoms. The van der Waals surface area contributed by atoms with Crippen LogP contribution in [-0.4, -0.2) is 15.5 Å². The van der Waals surface area contributed by atoms with Crippen LogP contribution in [0.1, 0.15) is 10.5 Å². The van der Waals surface area contributed by atoms with Crippen molar-refractivity contribution in [3.05, 3.63) is 18.2 Å². The summed E-state index contributed by atoms with van der Waals surface area (Å²) >= 11 is 0. The fraction of sp³-hybridized carbons (Fsp3) is 0.167. The molecule has 0 radical (unpaired) electrons. The van der Waals surface area contributed by atoms with Gasteiger partial charge in [0, 0.05) is 13.2 Å². The van der Waals surface area contributed by atoms with Crippen LogP contribution in [0.15, 0.2) is 12.5 Å². The predicted octanol–water partition coefficient (Wildman–Crippen LogP) is -0.369. The summed E-state index contributed by atoms with van der Waals surface area (Å²) in [6.07, 6.45) is 4.55. The van der Waals surface area contributed by atoms with Crippen LogP contribution in [0, 0.1) is 11.5 Å². The van der Waals surface area contributed by atoms with Gasteiger partial charge in [-0.25, -0.2) is 4.98 Å². The standard InChI is InChI=1S/C6H6N4O/c1-10-2-5(9-4-10)6(11)8-3-7/h2,4H,1H3,(H,8,11). The lowest BCUT2D eigenvalue weighted by Crippen LogP contribution is -2.17. The van der Waals surface area contributed by atoms with Crippen molar-refractivity contribution in [2.45, 2.75) is 0 Å². The molecule has 0 aliphatic heterocycles. The zero-order valence-electron chi connectivity index (χ0n) is 5.90. The number of amides is 1. The molecule has 0 atom stereocenters. The molecule has 0 unspecified atom stereocenters. The van der Waals surface area contributed by atoms with E-state index in [2.05, 4.69) is 4.98 Å². The van der Waals surface area contributed by atoms with Gasteiger partial charge in [0.2, 0.25) is 0 Å². The van der Waals surface area contributed by atoms with Crippen molar-refractivity contribution >= 4 is 5.91 Å². The number of nitrogens with zero attached hydrogens (tertiary/aromatic N) is 3. The van der Waals surface area contributed by atoms with Gasteiger partial charge in [-0.2, -0.15) is 5.26 Å². The molecule has 1 aromatic heterocycles. The van der Waals surface area contributed by atoms with E-state index in [-0.39, 0.29) is 5.69 Å². The van der Waals surface area contributed by atoms with Gasteiger partial charge >= 0.3 is 0 Å². The summed E-state index contributed by atoms with van der Waals surface area (Å²) in [7, 11) is 1.75. The highest BCUT2D eigenvalue weighted by atomic mass is 16.1. The first-order valence-electron chi connectivity index (χ1n) is 2.91. The van der Waals surface area contributed by atoms with Crippen molar-refractivity contribution in [2.75, 3.05) is 0 Å². The Labute approximate surface area is 63.3 Å². The molecule has 0 aromatic carbocycles. The van der Waals surface area contributed by atoms with Crippen LogP contribution in [0.2, 0.25) is 0 Å². The number of nitriles is 1. The molecule has 1 heterocycles. The molecule has 0 spiro atoms. The first-order valence-corrected chi connectivity index (χ1v) is 2.91. The van der Waals surface area contributed by atoms with Crippen molar-refractivity contribution in [1.82, 2.24) is 14.9 Å². The third-order valence-corrected chi connectivity index (χ3v) is 1.11. The highest BCUT2D eigenvalue weighted by Gasteiger charge is 2.05. The molecule has 0 bridgehead atoms. The van der Waals surface area contributed by atoms with Gasteiger partial charge in [-0.15, -0.1) is 0 Å². The minimum Gasteiger partial charge on any atom is -0.340 e. The fourth-order valence-electron chi connectivity index (χ4n) is 0.645. The van der Waals surface area contributed by atoms with Gasteiger partial charge in [-0.3, -0.25) is 10.1 Å². The lowest BCUT2D eigenvalue weighted by Gasteiger charge is -1.87. The summed E-state index contributed by atoms with van der Waals surface area (Å²) in [6.45, 7) is 0. The maximum absolute atomic E-state index is 10.8. The van der Waals surface area contributed by atoms with E-state index in [1.54, 1.807) is 11.6 Å². The number of rotatable bonds is 1. The van der Waals surface area contributed by atoms with Crippen LogP contribution >= 0.6 is 0 Å². The molecule has 0 aliphatic rings. The molecule has 0 fully saturated rings. The summed E-state index contributed by atoms with van der Waals surface area (Å²) < 4.78 is 1.63.